The minimum absolute atomic E-state index is 0.0497. The zero-order valence-electron chi connectivity index (χ0n) is 13.7. The smallest absolute Gasteiger partial charge is 0.308 e. The highest BCUT2D eigenvalue weighted by atomic mass is 19.1. The van der Waals surface area contributed by atoms with Crippen LogP contribution in [-0.2, 0) is 20.9 Å². The normalized spacial score (nSPS) is 17.8. The number of rotatable bonds is 7. The van der Waals surface area contributed by atoms with Crippen molar-refractivity contribution >= 4 is 11.9 Å². The highest BCUT2D eigenvalue weighted by molar-refractivity contribution is 5.94. The Morgan fingerprint density at radius 3 is 2.88 bits per heavy atom. The van der Waals surface area contributed by atoms with Crippen molar-refractivity contribution in [3.05, 3.63) is 35.1 Å². The average Bonchev–Trinajstić information content (AvgIpc) is 2.59. The third-order valence-corrected chi connectivity index (χ3v) is 4.04. The molecule has 1 unspecified atom stereocenters. The summed E-state index contributed by atoms with van der Waals surface area (Å²) in [5, 5.41) is 9.12. The first kappa shape index (κ1) is 18.4. The summed E-state index contributed by atoms with van der Waals surface area (Å²) < 4.78 is 24.0. The van der Waals surface area contributed by atoms with Crippen LogP contribution in [-0.4, -0.2) is 55.3 Å². The molecule has 0 bridgehead atoms. The molecule has 0 aliphatic carbocycles. The molecular formula is C17H22FNO5. The molecule has 1 saturated heterocycles. The summed E-state index contributed by atoms with van der Waals surface area (Å²) in [6, 6.07) is 4.12. The molecule has 0 spiro atoms. The first-order chi connectivity index (χ1) is 11.5. The molecule has 1 aromatic carbocycles. The third kappa shape index (κ3) is 4.75. The Labute approximate surface area is 140 Å². The number of carbonyl (C=O) groups is 2. The lowest BCUT2D eigenvalue weighted by Gasteiger charge is -2.30. The van der Waals surface area contributed by atoms with Gasteiger partial charge in [0.1, 0.15) is 5.82 Å². The average molecular weight is 339 g/mol. The summed E-state index contributed by atoms with van der Waals surface area (Å²) in [5.74, 6) is -2.15. The van der Waals surface area contributed by atoms with Crippen LogP contribution in [0.2, 0.25) is 0 Å². The Hall–Kier alpha value is -1.99. The van der Waals surface area contributed by atoms with Crippen LogP contribution in [0.25, 0.3) is 0 Å². The first-order valence-corrected chi connectivity index (χ1v) is 7.90. The molecule has 1 atom stereocenters. The zero-order valence-corrected chi connectivity index (χ0v) is 13.7. The fourth-order valence-corrected chi connectivity index (χ4v) is 2.69. The van der Waals surface area contributed by atoms with Crippen molar-refractivity contribution < 1.29 is 28.6 Å². The van der Waals surface area contributed by atoms with Crippen molar-refractivity contribution in [3.63, 3.8) is 0 Å². The molecule has 132 valence electrons. The summed E-state index contributed by atoms with van der Waals surface area (Å²) >= 11 is 0. The number of likely N-dealkylation sites (tertiary alicyclic amines) is 1. The SMILES string of the molecule is COCCOCc1cc(C(=O)N2CCCC(C(=O)O)C2)ccc1F. The van der Waals surface area contributed by atoms with Crippen LogP contribution in [0, 0.1) is 11.7 Å². The number of benzene rings is 1. The maximum absolute atomic E-state index is 13.8. The van der Waals surface area contributed by atoms with Crippen molar-refractivity contribution in [2.24, 2.45) is 5.92 Å². The molecule has 0 radical (unpaired) electrons. The number of hydrogen-bond donors (Lipinski definition) is 1. The molecule has 6 nitrogen and oxygen atoms in total. The van der Waals surface area contributed by atoms with Gasteiger partial charge in [0, 0.05) is 31.3 Å². The van der Waals surface area contributed by atoms with Crippen molar-refractivity contribution in [2.45, 2.75) is 19.4 Å². The molecule has 1 N–H and O–H groups in total. The summed E-state index contributed by atoms with van der Waals surface area (Å²) in [6.07, 6.45) is 1.22. The van der Waals surface area contributed by atoms with E-state index in [1.165, 1.54) is 23.1 Å². The highest BCUT2D eigenvalue weighted by Crippen LogP contribution is 2.20. The fraction of sp³-hybridized carbons (Fsp3) is 0.529. The lowest BCUT2D eigenvalue weighted by molar-refractivity contribution is -0.143. The first-order valence-electron chi connectivity index (χ1n) is 7.90. The molecule has 1 aromatic rings. The van der Waals surface area contributed by atoms with Crippen LogP contribution in [0.3, 0.4) is 0 Å². The Bertz CT molecular complexity index is 592. The number of piperidine rings is 1. The number of aliphatic carboxylic acids is 1. The van der Waals surface area contributed by atoms with Gasteiger partial charge < -0.3 is 19.5 Å². The minimum Gasteiger partial charge on any atom is -0.481 e. The number of carbonyl (C=O) groups excluding carboxylic acids is 1. The molecule has 24 heavy (non-hydrogen) atoms. The van der Waals surface area contributed by atoms with Crippen molar-refractivity contribution in [1.29, 1.82) is 0 Å². The van der Waals surface area contributed by atoms with E-state index in [1.807, 2.05) is 0 Å². The van der Waals surface area contributed by atoms with Gasteiger partial charge in [-0.15, -0.1) is 0 Å². The van der Waals surface area contributed by atoms with Crippen LogP contribution in [0.1, 0.15) is 28.8 Å². The number of halogens is 1. The molecule has 1 aliphatic rings. The van der Waals surface area contributed by atoms with Gasteiger partial charge in [0.25, 0.3) is 5.91 Å². The number of carboxylic acids is 1. The summed E-state index contributed by atoms with van der Waals surface area (Å²) in [7, 11) is 1.55. The van der Waals surface area contributed by atoms with Crippen molar-refractivity contribution in [2.75, 3.05) is 33.4 Å². The van der Waals surface area contributed by atoms with Gasteiger partial charge in [-0.25, -0.2) is 4.39 Å². The fourth-order valence-electron chi connectivity index (χ4n) is 2.69. The summed E-state index contributed by atoms with van der Waals surface area (Å²) in [5.41, 5.74) is 0.636. The monoisotopic (exact) mass is 339 g/mol. The van der Waals surface area contributed by atoms with Gasteiger partial charge in [0.05, 0.1) is 25.7 Å². The van der Waals surface area contributed by atoms with E-state index in [0.29, 0.717) is 43.7 Å². The molecular weight excluding hydrogens is 317 g/mol. The van der Waals surface area contributed by atoms with Gasteiger partial charge in [0.15, 0.2) is 0 Å². The molecule has 1 amide bonds. The molecule has 1 heterocycles. The third-order valence-electron chi connectivity index (χ3n) is 4.04. The Kier molecular flexibility index (Phi) is 6.69. The van der Waals surface area contributed by atoms with Gasteiger partial charge in [-0.2, -0.15) is 0 Å². The van der Waals surface area contributed by atoms with E-state index in [-0.39, 0.29) is 19.1 Å². The van der Waals surface area contributed by atoms with Crippen LogP contribution < -0.4 is 0 Å². The number of carboxylic acid groups (broad SMARTS) is 1. The van der Waals surface area contributed by atoms with Crippen LogP contribution in [0.4, 0.5) is 4.39 Å². The highest BCUT2D eigenvalue weighted by Gasteiger charge is 2.28. The molecule has 2 rings (SSSR count). The number of amides is 1. The molecule has 0 aromatic heterocycles. The molecule has 1 fully saturated rings. The zero-order chi connectivity index (χ0) is 17.5. The Morgan fingerprint density at radius 2 is 2.17 bits per heavy atom. The van der Waals surface area contributed by atoms with Gasteiger partial charge in [-0.05, 0) is 31.0 Å². The maximum atomic E-state index is 13.8. The van der Waals surface area contributed by atoms with E-state index < -0.39 is 17.7 Å². The van der Waals surface area contributed by atoms with E-state index in [0.717, 1.165) is 0 Å². The largest absolute Gasteiger partial charge is 0.481 e. The second-order valence-electron chi connectivity index (χ2n) is 5.78. The molecule has 0 saturated carbocycles. The van der Waals surface area contributed by atoms with Crippen LogP contribution in [0.15, 0.2) is 18.2 Å². The number of methoxy groups -OCH3 is 1. The van der Waals surface area contributed by atoms with Gasteiger partial charge in [-0.3, -0.25) is 9.59 Å². The minimum atomic E-state index is -0.890. The number of hydrogen-bond acceptors (Lipinski definition) is 4. The van der Waals surface area contributed by atoms with E-state index in [4.69, 9.17) is 14.6 Å². The topological polar surface area (TPSA) is 76.1 Å². The standard InChI is InChI=1S/C17H22FNO5/c1-23-7-8-24-11-14-9-12(4-5-15(14)18)16(20)19-6-2-3-13(10-19)17(21)22/h4-5,9,13H,2-3,6-8,10-11H2,1H3,(H,21,22). The van der Waals surface area contributed by atoms with E-state index >= 15 is 0 Å². The number of nitrogens with zero attached hydrogens (tertiary/aromatic N) is 1. The second-order valence-corrected chi connectivity index (χ2v) is 5.78. The second kappa shape index (κ2) is 8.75. The lowest BCUT2D eigenvalue weighted by Crippen LogP contribution is -2.42. The van der Waals surface area contributed by atoms with E-state index in [1.54, 1.807) is 7.11 Å². The Balaban J connectivity index is 2.04. The Morgan fingerprint density at radius 1 is 1.38 bits per heavy atom. The van der Waals surface area contributed by atoms with Crippen LogP contribution >= 0.6 is 0 Å². The van der Waals surface area contributed by atoms with Crippen molar-refractivity contribution in [3.8, 4) is 0 Å². The molecule has 7 heteroatoms. The molecule has 1 aliphatic heterocycles. The van der Waals surface area contributed by atoms with E-state index in [2.05, 4.69) is 0 Å². The maximum Gasteiger partial charge on any atom is 0.308 e. The quantitative estimate of drug-likeness (QED) is 0.768. The van der Waals surface area contributed by atoms with Gasteiger partial charge >= 0.3 is 5.97 Å². The predicted molar refractivity (Wildman–Crippen MR) is 84.2 cm³/mol. The van der Waals surface area contributed by atoms with Gasteiger partial charge in [0.2, 0.25) is 0 Å². The number of ether oxygens (including phenoxy) is 2. The van der Waals surface area contributed by atoms with Crippen molar-refractivity contribution in [1.82, 2.24) is 4.90 Å². The van der Waals surface area contributed by atoms with Crippen LogP contribution in [0.5, 0.6) is 0 Å². The summed E-state index contributed by atoms with van der Waals surface area (Å²) in [4.78, 5) is 25.2. The lowest BCUT2D eigenvalue weighted by atomic mass is 9.97. The predicted octanol–water partition coefficient (Wildman–Crippen LogP) is 1.93. The van der Waals surface area contributed by atoms with Gasteiger partial charge in [-0.1, -0.05) is 0 Å². The summed E-state index contributed by atoms with van der Waals surface area (Å²) in [6.45, 7) is 1.49. The van der Waals surface area contributed by atoms with E-state index in [9.17, 15) is 14.0 Å².